The molecule has 0 bridgehead atoms. The van der Waals surface area contributed by atoms with Gasteiger partial charge in [0, 0.05) is 0 Å². The molecule has 2 nitrogen and oxygen atoms in total. The minimum atomic E-state index is -0.407. The standard InChI is InChI=1S/C13H13NO.C2H6/c14-12(9-15)8-11-6-3-5-10-4-1-2-7-13(10)11;1-2/h1-7,9,12H,8,14H2;1-2H3/t12-;/m0./s1. The van der Waals surface area contributed by atoms with Crippen LogP contribution in [0.2, 0.25) is 0 Å². The lowest BCUT2D eigenvalue weighted by molar-refractivity contribution is -0.108. The normalized spacial score (nSPS) is 11.5. The van der Waals surface area contributed by atoms with Crippen LogP contribution < -0.4 is 5.73 Å². The topological polar surface area (TPSA) is 43.1 Å². The van der Waals surface area contributed by atoms with Crippen LogP contribution in [0.3, 0.4) is 0 Å². The highest BCUT2D eigenvalue weighted by atomic mass is 16.1. The zero-order chi connectivity index (χ0) is 12.7. The first-order valence-electron chi connectivity index (χ1n) is 5.99. The van der Waals surface area contributed by atoms with Crippen molar-refractivity contribution in [3.63, 3.8) is 0 Å². The van der Waals surface area contributed by atoms with E-state index in [9.17, 15) is 4.79 Å². The summed E-state index contributed by atoms with van der Waals surface area (Å²) in [6, 6.07) is 13.8. The molecular formula is C15H19NO. The largest absolute Gasteiger partial charge is 0.321 e. The van der Waals surface area contributed by atoms with Gasteiger partial charge in [-0.2, -0.15) is 0 Å². The Morgan fingerprint density at radius 1 is 1.12 bits per heavy atom. The Labute approximate surface area is 102 Å². The molecule has 0 fully saturated rings. The van der Waals surface area contributed by atoms with Crippen molar-refractivity contribution < 1.29 is 4.79 Å². The molecule has 0 aliphatic heterocycles. The van der Waals surface area contributed by atoms with Gasteiger partial charge in [-0.25, -0.2) is 0 Å². The van der Waals surface area contributed by atoms with Crippen LogP contribution in [0.5, 0.6) is 0 Å². The Kier molecular flexibility index (Phi) is 5.37. The number of rotatable bonds is 3. The van der Waals surface area contributed by atoms with Crippen LogP contribution in [0.1, 0.15) is 19.4 Å². The maximum absolute atomic E-state index is 10.5. The van der Waals surface area contributed by atoms with Crippen LogP contribution >= 0.6 is 0 Å². The van der Waals surface area contributed by atoms with Gasteiger partial charge in [0.2, 0.25) is 0 Å². The van der Waals surface area contributed by atoms with E-state index >= 15 is 0 Å². The molecule has 0 radical (unpaired) electrons. The molecule has 90 valence electrons. The SMILES string of the molecule is CC.N[C@H](C=O)Cc1cccc2ccccc12. The fourth-order valence-electron chi connectivity index (χ4n) is 1.77. The van der Waals surface area contributed by atoms with Gasteiger partial charge in [0.15, 0.2) is 0 Å². The summed E-state index contributed by atoms with van der Waals surface area (Å²) in [5.74, 6) is 0. The number of nitrogens with two attached hydrogens (primary N) is 1. The van der Waals surface area contributed by atoms with E-state index in [-0.39, 0.29) is 0 Å². The van der Waals surface area contributed by atoms with Crippen LogP contribution in [0.15, 0.2) is 42.5 Å². The van der Waals surface area contributed by atoms with Crippen molar-refractivity contribution in [2.75, 3.05) is 0 Å². The third kappa shape index (κ3) is 3.40. The molecule has 0 spiro atoms. The zero-order valence-corrected chi connectivity index (χ0v) is 10.4. The summed E-state index contributed by atoms with van der Waals surface area (Å²) in [6.07, 6.45) is 1.40. The maximum atomic E-state index is 10.5. The van der Waals surface area contributed by atoms with Gasteiger partial charge in [0.1, 0.15) is 6.29 Å². The molecule has 2 rings (SSSR count). The number of carbonyl (C=O) groups is 1. The Bertz CT molecular complexity index is 474. The second-order valence-electron chi connectivity index (χ2n) is 3.64. The first kappa shape index (κ1) is 13.4. The summed E-state index contributed by atoms with van der Waals surface area (Å²) in [5, 5.41) is 2.37. The van der Waals surface area contributed by atoms with Gasteiger partial charge in [0.05, 0.1) is 6.04 Å². The van der Waals surface area contributed by atoms with Crippen molar-refractivity contribution in [2.45, 2.75) is 26.3 Å². The summed E-state index contributed by atoms with van der Waals surface area (Å²) in [7, 11) is 0. The van der Waals surface area contributed by atoms with E-state index in [4.69, 9.17) is 5.73 Å². The third-order valence-electron chi connectivity index (χ3n) is 2.51. The molecule has 0 aliphatic rings. The van der Waals surface area contributed by atoms with Crippen LogP contribution in [-0.4, -0.2) is 12.3 Å². The smallest absolute Gasteiger partial charge is 0.137 e. The monoisotopic (exact) mass is 229 g/mol. The molecule has 0 aliphatic carbocycles. The minimum Gasteiger partial charge on any atom is -0.321 e. The lowest BCUT2D eigenvalue weighted by atomic mass is 10.00. The van der Waals surface area contributed by atoms with Gasteiger partial charge < -0.3 is 10.5 Å². The van der Waals surface area contributed by atoms with Gasteiger partial charge in [-0.1, -0.05) is 56.3 Å². The molecule has 0 aromatic heterocycles. The highest BCUT2D eigenvalue weighted by Crippen LogP contribution is 2.19. The van der Waals surface area contributed by atoms with Gasteiger partial charge in [-0.15, -0.1) is 0 Å². The van der Waals surface area contributed by atoms with Crippen molar-refractivity contribution >= 4 is 17.1 Å². The third-order valence-corrected chi connectivity index (χ3v) is 2.51. The second kappa shape index (κ2) is 6.81. The number of fused-ring (bicyclic) bond motifs is 1. The van der Waals surface area contributed by atoms with Gasteiger partial charge in [0.25, 0.3) is 0 Å². The molecule has 1 atom stereocenters. The number of aldehydes is 1. The molecule has 2 heteroatoms. The fourth-order valence-corrected chi connectivity index (χ4v) is 1.77. The van der Waals surface area contributed by atoms with Crippen LogP contribution in [0.25, 0.3) is 10.8 Å². The fraction of sp³-hybridized carbons (Fsp3) is 0.267. The van der Waals surface area contributed by atoms with Crippen molar-refractivity contribution in [1.29, 1.82) is 0 Å². The Hall–Kier alpha value is -1.67. The quantitative estimate of drug-likeness (QED) is 0.822. The number of benzene rings is 2. The van der Waals surface area contributed by atoms with Crippen molar-refractivity contribution in [2.24, 2.45) is 5.73 Å². The summed E-state index contributed by atoms with van der Waals surface area (Å²) in [5.41, 5.74) is 6.76. The first-order chi connectivity index (χ1) is 8.31. The molecule has 0 amide bonds. The highest BCUT2D eigenvalue weighted by molar-refractivity contribution is 5.86. The molecule has 0 unspecified atom stereocenters. The second-order valence-corrected chi connectivity index (χ2v) is 3.64. The van der Waals surface area contributed by atoms with E-state index in [2.05, 4.69) is 18.2 Å². The Morgan fingerprint density at radius 2 is 1.76 bits per heavy atom. The predicted molar refractivity (Wildman–Crippen MR) is 73.0 cm³/mol. The molecule has 2 aromatic carbocycles. The Balaban J connectivity index is 0.000000686. The van der Waals surface area contributed by atoms with Crippen molar-refractivity contribution in [3.05, 3.63) is 48.0 Å². The van der Waals surface area contributed by atoms with Gasteiger partial charge >= 0.3 is 0 Å². The van der Waals surface area contributed by atoms with Crippen molar-refractivity contribution in [1.82, 2.24) is 0 Å². The number of hydrogen-bond acceptors (Lipinski definition) is 2. The first-order valence-corrected chi connectivity index (χ1v) is 5.99. The summed E-state index contributed by atoms with van der Waals surface area (Å²) < 4.78 is 0. The molecule has 0 saturated carbocycles. The van der Waals surface area contributed by atoms with Crippen LogP contribution in [-0.2, 0) is 11.2 Å². The van der Waals surface area contributed by atoms with E-state index in [1.54, 1.807) is 0 Å². The molecular weight excluding hydrogens is 210 g/mol. The predicted octanol–water partition coefficient (Wildman–Crippen LogP) is 2.93. The average Bonchev–Trinajstić information content (AvgIpc) is 2.41. The van der Waals surface area contributed by atoms with E-state index in [0.29, 0.717) is 6.42 Å². The summed E-state index contributed by atoms with van der Waals surface area (Å²) in [4.78, 5) is 10.5. The molecule has 17 heavy (non-hydrogen) atoms. The minimum absolute atomic E-state index is 0.407. The van der Waals surface area contributed by atoms with E-state index in [0.717, 1.165) is 11.8 Å². The Morgan fingerprint density at radius 3 is 2.47 bits per heavy atom. The summed E-state index contributed by atoms with van der Waals surface area (Å²) >= 11 is 0. The van der Waals surface area contributed by atoms with Gasteiger partial charge in [-0.05, 0) is 22.8 Å². The molecule has 2 aromatic rings. The molecule has 0 saturated heterocycles. The molecule has 2 N–H and O–H groups in total. The molecule has 0 heterocycles. The average molecular weight is 229 g/mol. The van der Waals surface area contributed by atoms with E-state index < -0.39 is 6.04 Å². The maximum Gasteiger partial charge on any atom is 0.137 e. The lowest BCUT2D eigenvalue weighted by Crippen LogP contribution is -2.24. The number of carbonyl (C=O) groups excluding carboxylic acids is 1. The highest BCUT2D eigenvalue weighted by Gasteiger charge is 2.05. The zero-order valence-electron chi connectivity index (χ0n) is 10.4. The number of hydrogen-bond donors (Lipinski definition) is 1. The van der Waals surface area contributed by atoms with E-state index in [1.807, 2.05) is 38.1 Å². The van der Waals surface area contributed by atoms with Crippen LogP contribution in [0, 0.1) is 0 Å². The van der Waals surface area contributed by atoms with Crippen LogP contribution in [0.4, 0.5) is 0 Å². The van der Waals surface area contributed by atoms with Gasteiger partial charge in [-0.3, -0.25) is 0 Å². The lowest BCUT2D eigenvalue weighted by Gasteiger charge is -2.07. The van der Waals surface area contributed by atoms with E-state index in [1.165, 1.54) is 10.8 Å². The van der Waals surface area contributed by atoms with Crippen molar-refractivity contribution in [3.8, 4) is 0 Å². The summed E-state index contributed by atoms with van der Waals surface area (Å²) in [6.45, 7) is 4.00.